The van der Waals surface area contributed by atoms with Crippen molar-refractivity contribution in [3.05, 3.63) is 24.0 Å². The summed E-state index contributed by atoms with van der Waals surface area (Å²) in [6.07, 6.45) is 4.43. The molecule has 1 aliphatic heterocycles. The predicted molar refractivity (Wildman–Crippen MR) is 80.4 cm³/mol. The van der Waals surface area contributed by atoms with Crippen LogP contribution in [0.15, 0.2) is 18.3 Å². The van der Waals surface area contributed by atoms with Gasteiger partial charge < -0.3 is 10.2 Å². The molecular formula is C15H26N4. The monoisotopic (exact) mass is 262 g/mol. The van der Waals surface area contributed by atoms with Crippen molar-refractivity contribution in [2.45, 2.75) is 32.4 Å². The van der Waals surface area contributed by atoms with Gasteiger partial charge in [0, 0.05) is 31.0 Å². The van der Waals surface area contributed by atoms with Crippen molar-refractivity contribution in [1.82, 2.24) is 14.8 Å². The SMILES string of the molecule is CCNc1ccnc(CN(C)C2CCN(C)CC2)c1. The molecule has 0 bridgehead atoms. The maximum Gasteiger partial charge on any atom is 0.0564 e. The zero-order valence-electron chi connectivity index (χ0n) is 12.4. The lowest BCUT2D eigenvalue weighted by Crippen LogP contribution is -2.41. The number of hydrogen-bond donors (Lipinski definition) is 1. The third kappa shape index (κ3) is 4.18. The van der Waals surface area contributed by atoms with Gasteiger partial charge in [0.25, 0.3) is 0 Å². The van der Waals surface area contributed by atoms with E-state index in [9.17, 15) is 0 Å². The van der Waals surface area contributed by atoms with Gasteiger partial charge in [-0.3, -0.25) is 9.88 Å². The minimum absolute atomic E-state index is 0.695. The van der Waals surface area contributed by atoms with Gasteiger partial charge in [-0.25, -0.2) is 0 Å². The molecule has 0 unspecified atom stereocenters. The van der Waals surface area contributed by atoms with Gasteiger partial charge in [-0.05, 0) is 59.1 Å². The molecule has 2 heterocycles. The Balaban J connectivity index is 1.90. The highest BCUT2D eigenvalue weighted by Crippen LogP contribution is 2.17. The van der Waals surface area contributed by atoms with Crippen molar-refractivity contribution in [3.63, 3.8) is 0 Å². The first kappa shape index (κ1) is 14.3. The predicted octanol–water partition coefficient (Wildman–Crippen LogP) is 2.04. The third-order valence-electron chi connectivity index (χ3n) is 3.92. The maximum absolute atomic E-state index is 4.48. The Bertz CT molecular complexity index is 385. The standard InChI is InChI=1S/C15H26N4/c1-4-16-13-5-8-17-14(11-13)12-19(3)15-6-9-18(2)10-7-15/h5,8,11,15H,4,6-7,9-10,12H2,1-3H3,(H,16,17). The zero-order chi connectivity index (χ0) is 13.7. The molecule has 0 saturated carbocycles. The average Bonchev–Trinajstić information content (AvgIpc) is 2.40. The first-order valence-corrected chi connectivity index (χ1v) is 7.26. The molecule has 4 heteroatoms. The van der Waals surface area contributed by atoms with E-state index in [1.165, 1.54) is 31.6 Å². The Morgan fingerprint density at radius 1 is 1.42 bits per heavy atom. The maximum atomic E-state index is 4.48. The van der Waals surface area contributed by atoms with Gasteiger partial charge in [-0.1, -0.05) is 0 Å². The minimum Gasteiger partial charge on any atom is -0.385 e. The molecule has 0 atom stereocenters. The van der Waals surface area contributed by atoms with Gasteiger partial charge in [0.15, 0.2) is 0 Å². The quantitative estimate of drug-likeness (QED) is 0.880. The number of aromatic nitrogens is 1. The second-order valence-corrected chi connectivity index (χ2v) is 5.52. The Morgan fingerprint density at radius 3 is 2.84 bits per heavy atom. The van der Waals surface area contributed by atoms with Crippen LogP contribution in [0.25, 0.3) is 0 Å². The lowest BCUT2D eigenvalue weighted by Gasteiger charge is -2.35. The summed E-state index contributed by atoms with van der Waals surface area (Å²) in [7, 11) is 4.43. The van der Waals surface area contributed by atoms with Crippen LogP contribution in [0.1, 0.15) is 25.5 Å². The molecule has 0 aromatic carbocycles. The van der Waals surface area contributed by atoms with E-state index in [4.69, 9.17) is 0 Å². The molecule has 19 heavy (non-hydrogen) atoms. The molecule has 1 fully saturated rings. The molecule has 1 aliphatic rings. The van der Waals surface area contributed by atoms with Crippen molar-refractivity contribution >= 4 is 5.69 Å². The smallest absolute Gasteiger partial charge is 0.0564 e. The molecule has 0 radical (unpaired) electrons. The van der Waals surface area contributed by atoms with Gasteiger partial charge in [0.2, 0.25) is 0 Å². The normalized spacial score (nSPS) is 17.9. The minimum atomic E-state index is 0.695. The van der Waals surface area contributed by atoms with Gasteiger partial charge in [0.1, 0.15) is 0 Å². The topological polar surface area (TPSA) is 31.4 Å². The second-order valence-electron chi connectivity index (χ2n) is 5.52. The van der Waals surface area contributed by atoms with E-state index in [1.54, 1.807) is 0 Å². The molecule has 0 spiro atoms. The fourth-order valence-electron chi connectivity index (χ4n) is 2.70. The van der Waals surface area contributed by atoms with Gasteiger partial charge in [-0.2, -0.15) is 0 Å². The number of pyridine rings is 1. The van der Waals surface area contributed by atoms with Gasteiger partial charge in [-0.15, -0.1) is 0 Å². The largest absolute Gasteiger partial charge is 0.385 e. The molecule has 0 aliphatic carbocycles. The number of rotatable bonds is 5. The van der Waals surface area contributed by atoms with Crippen molar-refractivity contribution in [1.29, 1.82) is 0 Å². The van der Waals surface area contributed by atoms with Crippen LogP contribution < -0.4 is 5.32 Å². The molecule has 0 amide bonds. The molecule has 1 saturated heterocycles. The fourth-order valence-corrected chi connectivity index (χ4v) is 2.70. The average molecular weight is 262 g/mol. The van der Waals surface area contributed by atoms with Crippen LogP contribution in [0, 0.1) is 0 Å². The summed E-state index contributed by atoms with van der Waals surface area (Å²) in [6, 6.07) is 4.89. The van der Waals surface area contributed by atoms with Crippen LogP contribution in [0.2, 0.25) is 0 Å². The van der Waals surface area contributed by atoms with Crippen LogP contribution in [0.5, 0.6) is 0 Å². The molecule has 1 aromatic rings. The second kappa shape index (κ2) is 6.87. The van der Waals surface area contributed by atoms with E-state index < -0.39 is 0 Å². The molecule has 1 aromatic heterocycles. The summed E-state index contributed by atoms with van der Waals surface area (Å²) < 4.78 is 0. The van der Waals surface area contributed by atoms with Crippen LogP contribution >= 0.6 is 0 Å². The zero-order valence-corrected chi connectivity index (χ0v) is 12.4. The number of nitrogens with zero attached hydrogens (tertiary/aromatic N) is 3. The number of piperidine rings is 1. The number of likely N-dealkylation sites (tertiary alicyclic amines) is 1. The fraction of sp³-hybridized carbons (Fsp3) is 0.667. The van der Waals surface area contributed by atoms with Crippen molar-refractivity contribution in [2.24, 2.45) is 0 Å². The molecule has 1 N–H and O–H groups in total. The molecule has 106 valence electrons. The van der Waals surface area contributed by atoms with Crippen LogP contribution in [0.4, 0.5) is 5.69 Å². The molecule has 2 rings (SSSR count). The highest BCUT2D eigenvalue weighted by Gasteiger charge is 2.20. The van der Waals surface area contributed by atoms with E-state index in [0.29, 0.717) is 6.04 Å². The Kier molecular flexibility index (Phi) is 5.16. The number of anilines is 1. The van der Waals surface area contributed by atoms with E-state index >= 15 is 0 Å². The highest BCUT2D eigenvalue weighted by molar-refractivity contribution is 5.42. The van der Waals surface area contributed by atoms with Crippen LogP contribution in [-0.4, -0.2) is 54.6 Å². The van der Waals surface area contributed by atoms with Crippen LogP contribution in [0.3, 0.4) is 0 Å². The number of hydrogen-bond acceptors (Lipinski definition) is 4. The summed E-state index contributed by atoms with van der Waals surface area (Å²) in [6.45, 7) is 6.42. The lowest BCUT2D eigenvalue weighted by molar-refractivity contribution is 0.138. The van der Waals surface area contributed by atoms with Crippen molar-refractivity contribution in [3.8, 4) is 0 Å². The highest BCUT2D eigenvalue weighted by atomic mass is 15.2. The summed E-state index contributed by atoms with van der Waals surface area (Å²) in [5.41, 5.74) is 2.32. The molecule has 4 nitrogen and oxygen atoms in total. The van der Waals surface area contributed by atoms with Gasteiger partial charge in [0.05, 0.1) is 5.69 Å². The van der Waals surface area contributed by atoms with Gasteiger partial charge >= 0.3 is 0 Å². The lowest BCUT2D eigenvalue weighted by atomic mass is 10.0. The van der Waals surface area contributed by atoms with E-state index in [1.807, 2.05) is 12.3 Å². The Labute approximate surface area is 116 Å². The van der Waals surface area contributed by atoms with Crippen molar-refractivity contribution in [2.75, 3.05) is 39.0 Å². The van der Waals surface area contributed by atoms with Crippen molar-refractivity contribution < 1.29 is 0 Å². The first-order chi connectivity index (χ1) is 9.19. The molecular weight excluding hydrogens is 236 g/mol. The Morgan fingerprint density at radius 2 is 2.16 bits per heavy atom. The number of nitrogens with one attached hydrogen (secondary N) is 1. The summed E-state index contributed by atoms with van der Waals surface area (Å²) in [4.78, 5) is 9.34. The van der Waals surface area contributed by atoms with E-state index in [2.05, 4.69) is 47.2 Å². The summed E-state index contributed by atoms with van der Waals surface area (Å²) >= 11 is 0. The van der Waals surface area contributed by atoms with Crippen LogP contribution in [-0.2, 0) is 6.54 Å². The first-order valence-electron chi connectivity index (χ1n) is 7.26. The van der Waals surface area contributed by atoms with E-state index in [-0.39, 0.29) is 0 Å². The summed E-state index contributed by atoms with van der Waals surface area (Å²) in [5, 5.41) is 3.34. The van der Waals surface area contributed by atoms with E-state index in [0.717, 1.165) is 18.8 Å². The third-order valence-corrected chi connectivity index (χ3v) is 3.92. The Hall–Kier alpha value is -1.13. The summed E-state index contributed by atoms with van der Waals surface area (Å²) in [5.74, 6) is 0.